The van der Waals surface area contributed by atoms with E-state index in [9.17, 15) is 14.7 Å². The van der Waals surface area contributed by atoms with Gasteiger partial charge in [0.2, 0.25) is 0 Å². The highest BCUT2D eigenvalue weighted by molar-refractivity contribution is 6.46. The fourth-order valence-electron chi connectivity index (χ4n) is 3.48. The van der Waals surface area contributed by atoms with Crippen LogP contribution < -0.4 is 9.47 Å². The van der Waals surface area contributed by atoms with Crippen LogP contribution in [-0.4, -0.2) is 56.2 Å². The molecule has 1 amide bonds. The molecule has 2 aromatic carbocycles. The molecule has 0 aliphatic carbocycles. The Hall–Kier alpha value is -2.74. The summed E-state index contributed by atoms with van der Waals surface area (Å²) >= 11 is 12.2. The van der Waals surface area contributed by atoms with E-state index < -0.39 is 23.5 Å². The highest BCUT2D eigenvalue weighted by Gasteiger charge is 2.46. The molecule has 1 aliphatic rings. The molecule has 1 aliphatic heterocycles. The molecule has 0 radical (unpaired) electrons. The number of carbonyl (C=O) groups excluding carboxylic acids is 2. The van der Waals surface area contributed by atoms with Crippen LogP contribution in [0.3, 0.4) is 0 Å². The summed E-state index contributed by atoms with van der Waals surface area (Å²) in [6.45, 7) is 0.376. The number of ether oxygens (including phenoxy) is 3. The van der Waals surface area contributed by atoms with Crippen molar-refractivity contribution in [1.82, 2.24) is 4.90 Å². The molecule has 164 valence electrons. The molecular formula is C22H21Cl2NO6. The van der Waals surface area contributed by atoms with Crippen molar-refractivity contribution in [3.8, 4) is 11.5 Å². The van der Waals surface area contributed by atoms with E-state index in [-0.39, 0.29) is 40.8 Å². The third kappa shape index (κ3) is 4.35. The zero-order valence-electron chi connectivity index (χ0n) is 17.1. The predicted octanol–water partition coefficient (Wildman–Crippen LogP) is 4.08. The summed E-state index contributed by atoms with van der Waals surface area (Å²) in [7, 11) is 4.33. The van der Waals surface area contributed by atoms with Crippen LogP contribution in [0.4, 0.5) is 0 Å². The molecule has 1 heterocycles. The van der Waals surface area contributed by atoms with Crippen LogP contribution in [0.1, 0.15) is 17.2 Å². The Morgan fingerprint density at radius 1 is 1.03 bits per heavy atom. The van der Waals surface area contributed by atoms with Crippen LogP contribution in [0.15, 0.2) is 42.0 Å². The molecule has 7 nitrogen and oxygen atoms in total. The highest BCUT2D eigenvalue weighted by Crippen LogP contribution is 2.43. The number of hydrogen-bond acceptors (Lipinski definition) is 6. The number of likely N-dealkylation sites (tertiary alicyclic amines) is 1. The molecule has 0 saturated carbocycles. The third-order valence-electron chi connectivity index (χ3n) is 4.99. The number of rotatable bonds is 7. The van der Waals surface area contributed by atoms with E-state index in [4.69, 9.17) is 37.4 Å². The van der Waals surface area contributed by atoms with Gasteiger partial charge in [0.15, 0.2) is 0 Å². The number of benzene rings is 2. The lowest BCUT2D eigenvalue weighted by Gasteiger charge is -2.25. The normalized spacial score (nSPS) is 17.8. The van der Waals surface area contributed by atoms with Crippen LogP contribution in [0.25, 0.3) is 5.76 Å². The highest BCUT2D eigenvalue weighted by atomic mass is 35.5. The number of halogens is 2. The van der Waals surface area contributed by atoms with Gasteiger partial charge in [0.05, 0.1) is 43.0 Å². The molecular weight excluding hydrogens is 445 g/mol. The van der Waals surface area contributed by atoms with Gasteiger partial charge < -0.3 is 24.2 Å². The van der Waals surface area contributed by atoms with Crippen molar-refractivity contribution in [1.29, 1.82) is 0 Å². The summed E-state index contributed by atoms with van der Waals surface area (Å²) in [5.41, 5.74) is 0.708. The topological polar surface area (TPSA) is 85.3 Å². The van der Waals surface area contributed by atoms with Crippen molar-refractivity contribution in [2.75, 3.05) is 34.5 Å². The van der Waals surface area contributed by atoms with E-state index in [2.05, 4.69) is 0 Å². The summed E-state index contributed by atoms with van der Waals surface area (Å²) < 4.78 is 15.7. The van der Waals surface area contributed by atoms with Gasteiger partial charge in [-0.2, -0.15) is 0 Å². The minimum absolute atomic E-state index is 0.0777. The maximum atomic E-state index is 13.0. The van der Waals surface area contributed by atoms with Gasteiger partial charge >= 0.3 is 0 Å². The van der Waals surface area contributed by atoms with Crippen molar-refractivity contribution in [3.63, 3.8) is 0 Å². The second-order valence-corrected chi connectivity index (χ2v) is 7.57. The molecule has 0 aromatic heterocycles. The van der Waals surface area contributed by atoms with Crippen molar-refractivity contribution < 1.29 is 28.9 Å². The number of hydrogen-bond donors (Lipinski definition) is 1. The average molecular weight is 466 g/mol. The zero-order valence-corrected chi connectivity index (χ0v) is 18.7. The summed E-state index contributed by atoms with van der Waals surface area (Å²) in [6, 6.07) is 8.79. The molecule has 1 fully saturated rings. The Morgan fingerprint density at radius 2 is 1.68 bits per heavy atom. The van der Waals surface area contributed by atoms with Gasteiger partial charge in [-0.1, -0.05) is 35.3 Å². The molecule has 2 aromatic rings. The first kappa shape index (κ1) is 22.9. The summed E-state index contributed by atoms with van der Waals surface area (Å²) in [6.07, 6.45) is 0. The number of aliphatic hydroxyl groups excluding tert-OH is 1. The number of aliphatic hydroxyl groups is 1. The first-order valence-electron chi connectivity index (χ1n) is 9.28. The van der Waals surface area contributed by atoms with Gasteiger partial charge in [0.1, 0.15) is 17.3 Å². The minimum Gasteiger partial charge on any atom is -0.507 e. The van der Waals surface area contributed by atoms with Crippen molar-refractivity contribution in [2.45, 2.75) is 6.04 Å². The lowest BCUT2D eigenvalue weighted by atomic mass is 9.95. The molecule has 1 N–H and O–H groups in total. The lowest BCUT2D eigenvalue weighted by Crippen LogP contribution is -2.32. The van der Waals surface area contributed by atoms with E-state index in [1.165, 1.54) is 38.4 Å². The molecule has 0 spiro atoms. The van der Waals surface area contributed by atoms with Crippen molar-refractivity contribution >= 4 is 40.7 Å². The maximum absolute atomic E-state index is 13.0. The van der Waals surface area contributed by atoms with Gasteiger partial charge in [0, 0.05) is 24.7 Å². The van der Waals surface area contributed by atoms with E-state index >= 15 is 0 Å². The van der Waals surface area contributed by atoms with E-state index in [1.807, 2.05) is 0 Å². The van der Waals surface area contributed by atoms with Crippen LogP contribution in [-0.2, 0) is 14.3 Å². The Labute approximate surface area is 189 Å². The van der Waals surface area contributed by atoms with Crippen molar-refractivity contribution in [3.05, 3.63) is 63.1 Å². The summed E-state index contributed by atoms with van der Waals surface area (Å²) in [4.78, 5) is 27.2. The zero-order chi connectivity index (χ0) is 22.7. The number of nitrogens with zero attached hydrogens (tertiary/aromatic N) is 1. The second kappa shape index (κ2) is 9.60. The van der Waals surface area contributed by atoms with E-state index in [1.54, 1.807) is 24.3 Å². The first-order valence-corrected chi connectivity index (χ1v) is 10.0. The lowest BCUT2D eigenvalue weighted by molar-refractivity contribution is -0.140. The predicted molar refractivity (Wildman–Crippen MR) is 117 cm³/mol. The Balaban J connectivity index is 2.24. The standard InChI is InChI=1S/C22H21Cl2NO6/c1-29-9-8-25-19(12-4-6-13(23)7-5-12)18(21(27)22(25)28)20(26)14-10-17(31-3)15(24)11-16(14)30-2/h4-7,10-11,19,26H,8-9H2,1-3H3/b20-18+. The fourth-order valence-corrected chi connectivity index (χ4v) is 3.84. The largest absolute Gasteiger partial charge is 0.507 e. The molecule has 3 rings (SSSR count). The SMILES string of the molecule is COCCN1C(=O)C(=O)/C(=C(/O)c2cc(OC)c(Cl)cc2OC)C1c1ccc(Cl)cc1. The number of Topliss-reactive ketones (excluding diaryl/α,β-unsaturated/α-hetero) is 1. The Morgan fingerprint density at radius 3 is 2.26 bits per heavy atom. The quantitative estimate of drug-likeness (QED) is 0.376. The summed E-state index contributed by atoms with van der Waals surface area (Å²) in [5, 5.41) is 12.0. The third-order valence-corrected chi connectivity index (χ3v) is 5.54. The monoisotopic (exact) mass is 465 g/mol. The number of ketones is 1. The van der Waals surface area contributed by atoms with E-state index in [0.29, 0.717) is 10.6 Å². The summed E-state index contributed by atoms with van der Waals surface area (Å²) in [5.74, 6) is -1.45. The van der Waals surface area contributed by atoms with Crippen LogP contribution >= 0.6 is 23.2 Å². The molecule has 1 saturated heterocycles. The smallest absolute Gasteiger partial charge is 0.295 e. The molecule has 1 unspecified atom stereocenters. The minimum atomic E-state index is -0.834. The second-order valence-electron chi connectivity index (χ2n) is 6.72. The molecule has 0 bridgehead atoms. The van der Waals surface area contributed by atoms with Crippen LogP contribution in [0.5, 0.6) is 11.5 Å². The van der Waals surface area contributed by atoms with Crippen LogP contribution in [0.2, 0.25) is 10.0 Å². The number of methoxy groups -OCH3 is 3. The number of carbonyl (C=O) groups is 2. The molecule has 31 heavy (non-hydrogen) atoms. The molecule has 1 atom stereocenters. The fraction of sp³-hybridized carbons (Fsp3) is 0.273. The Bertz CT molecular complexity index is 1040. The van der Waals surface area contributed by atoms with Crippen molar-refractivity contribution in [2.24, 2.45) is 0 Å². The first-order chi connectivity index (χ1) is 14.8. The van der Waals surface area contributed by atoms with Gasteiger partial charge in [-0.3, -0.25) is 9.59 Å². The molecule has 9 heteroatoms. The average Bonchev–Trinajstić information content (AvgIpc) is 3.02. The maximum Gasteiger partial charge on any atom is 0.295 e. The van der Waals surface area contributed by atoms with E-state index in [0.717, 1.165) is 0 Å². The van der Waals surface area contributed by atoms with Gasteiger partial charge in [0.25, 0.3) is 11.7 Å². The van der Waals surface area contributed by atoms with Crippen LogP contribution in [0, 0.1) is 0 Å². The number of amides is 1. The van der Waals surface area contributed by atoms with Gasteiger partial charge in [-0.15, -0.1) is 0 Å². The van der Waals surface area contributed by atoms with Gasteiger partial charge in [-0.05, 0) is 23.8 Å². The Kier molecular flexibility index (Phi) is 7.10. The van der Waals surface area contributed by atoms with Gasteiger partial charge in [-0.25, -0.2) is 0 Å².